The van der Waals surface area contributed by atoms with E-state index in [9.17, 15) is 4.39 Å². The molecule has 0 spiro atoms. The van der Waals surface area contributed by atoms with E-state index in [4.69, 9.17) is 11.6 Å². The average Bonchev–Trinajstić information content (AvgIpc) is 2.81. The number of hydrogen-bond donors (Lipinski definition) is 0. The molecule has 0 aliphatic carbocycles. The third-order valence-corrected chi connectivity index (χ3v) is 3.41. The van der Waals surface area contributed by atoms with E-state index < -0.39 is 0 Å². The van der Waals surface area contributed by atoms with Gasteiger partial charge in [0.15, 0.2) is 5.65 Å². The fourth-order valence-electron chi connectivity index (χ4n) is 2.17. The van der Waals surface area contributed by atoms with Crippen molar-refractivity contribution in [1.82, 2.24) is 14.5 Å². The quantitative estimate of drug-likeness (QED) is 0.663. The van der Waals surface area contributed by atoms with Crippen molar-refractivity contribution in [3.05, 3.63) is 53.7 Å². The lowest BCUT2D eigenvalue weighted by atomic mass is 10.2. The van der Waals surface area contributed by atoms with Crippen LogP contribution in [0, 0.1) is 12.7 Å². The monoisotopic (exact) mass is 289 g/mol. The number of imidazole rings is 1. The van der Waals surface area contributed by atoms with Gasteiger partial charge in [-0.3, -0.25) is 4.57 Å². The Bertz CT molecular complexity index is 780. The topological polar surface area (TPSA) is 30.7 Å². The number of aryl methyl sites for hydroxylation is 1. The summed E-state index contributed by atoms with van der Waals surface area (Å²) >= 11 is 6.20. The van der Waals surface area contributed by atoms with Crippen molar-refractivity contribution in [2.24, 2.45) is 0 Å². The second-order valence-electron chi connectivity index (χ2n) is 4.70. The number of nitrogens with zero attached hydrogens (tertiary/aromatic N) is 3. The van der Waals surface area contributed by atoms with Gasteiger partial charge in [-0.2, -0.15) is 0 Å². The lowest BCUT2D eigenvalue weighted by Crippen LogP contribution is -2.03. The van der Waals surface area contributed by atoms with Crippen LogP contribution in [0.5, 0.6) is 0 Å². The van der Waals surface area contributed by atoms with Crippen LogP contribution in [0.1, 0.15) is 23.7 Å². The molecule has 0 saturated heterocycles. The van der Waals surface area contributed by atoms with Crippen molar-refractivity contribution < 1.29 is 4.39 Å². The molecular weight excluding hydrogens is 277 g/mol. The standard InChI is InChI=1S/C15H13ClFN3/c1-9-5-6-11(8-12(9)17)20-14(10(2)16)19-13-4-3-7-18-15(13)20/h3-8,10H,1-2H3. The zero-order chi connectivity index (χ0) is 14.3. The molecular formula is C15H13ClFN3. The molecule has 0 aliphatic heterocycles. The van der Waals surface area contributed by atoms with Gasteiger partial charge in [0.1, 0.15) is 17.2 Å². The Morgan fingerprint density at radius 2 is 2.10 bits per heavy atom. The predicted octanol–water partition coefficient (Wildman–Crippen LogP) is 4.17. The molecule has 0 radical (unpaired) electrons. The number of pyridine rings is 1. The van der Waals surface area contributed by atoms with Gasteiger partial charge in [-0.1, -0.05) is 6.07 Å². The minimum Gasteiger partial charge on any atom is -0.279 e. The second kappa shape index (κ2) is 4.87. The lowest BCUT2D eigenvalue weighted by Gasteiger charge is -2.10. The predicted molar refractivity (Wildman–Crippen MR) is 77.8 cm³/mol. The first-order valence-electron chi connectivity index (χ1n) is 6.32. The van der Waals surface area contributed by atoms with Gasteiger partial charge in [0.25, 0.3) is 0 Å². The maximum Gasteiger partial charge on any atom is 0.164 e. The van der Waals surface area contributed by atoms with Gasteiger partial charge in [0, 0.05) is 6.20 Å². The molecule has 2 heterocycles. The maximum atomic E-state index is 13.8. The van der Waals surface area contributed by atoms with E-state index in [1.54, 1.807) is 23.8 Å². The number of aromatic nitrogens is 3. The largest absolute Gasteiger partial charge is 0.279 e. The van der Waals surface area contributed by atoms with Crippen LogP contribution in [-0.4, -0.2) is 14.5 Å². The van der Waals surface area contributed by atoms with Crippen LogP contribution < -0.4 is 0 Å². The number of benzene rings is 1. The van der Waals surface area contributed by atoms with E-state index in [0.717, 1.165) is 5.52 Å². The van der Waals surface area contributed by atoms with E-state index in [2.05, 4.69) is 9.97 Å². The molecule has 2 aromatic heterocycles. The smallest absolute Gasteiger partial charge is 0.164 e. The van der Waals surface area contributed by atoms with Crippen molar-refractivity contribution in [2.45, 2.75) is 19.2 Å². The molecule has 3 rings (SSSR count). The highest BCUT2D eigenvalue weighted by molar-refractivity contribution is 6.20. The molecule has 0 bridgehead atoms. The summed E-state index contributed by atoms with van der Waals surface area (Å²) in [7, 11) is 0. The minimum absolute atomic E-state index is 0.256. The molecule has 1 unspecified atom stereocenters. The summed E-state index contributed by atoms with van der Waals surface area (Å²) in [6.07, 6.45) is 1.69. The first-order valence-corrected chi connectivity index (χ1v) is 6.75. The molecule has 0 fully saturated rings. The minimum atomic E-state index is -0.298. The fraction of sp³-hybridized carbons (Fsp3) is 0.200. The van der Waals surface area contributed by atoms with Gasteiger partial charge in [-0.05, 0) is 43.7 Å². The van der Waals surface area contributed by atoms with E-state index in [1.807, 2.05) is 25.1 Å². The molecule has 20 heavy (non-hydrogen) atoms. The molecule has 0 amide bonds. The number of hydrogen-bond acceptors (Lipinski definition) is 2. The van der Waals surface area contributed by atoms with Gasteiger partial charge < -0.3 is 0 Å². The Kier molecular flexibility index (Phi) is 3.18. The van der Waals surface area contributed by atoms with Crippen LogP contribution in [-0.2, 0) is 0 Å². The second-order valence-corrected chi connectivity index (χ2v) is 5.36. The van der Waals surface area contributed by atoms with Crippen molar-refractivity contribution >= 4 is 22.8 Å². The lowest BCUT2D eigenvalue weighted by molar-refractivity contribution is 0.617. The Hall–Kier alpha value is -1.94. The normalized spacial score (nSPS) is 12.8. The molecule has 0 aliphatic rings. The highest BCUT2D eigenvalue weighted by atomic mass is 35.5. The number of halogens is 2. The van der Waals surface area contributed by atoms with Crippen molar-refractivity contribution in [3.63, 3.8) is 0 Å². The van der Waals surface area contributed by atoms with Gasteiger partial charge in [0.05, 0.1) is 11.1 Å². The van der Waals surface area contributed by atoms with E-state index in [1.165, 1.54) is 6.07 Å². The van der Waals surface area contributed by atoms with Crippen LogP contribution in [0.15, 0.2) is 36.5 Å². The fourth-order valence-corrected chi connectivity index (χ4v) is 2.32. The Balaban J connectivity index is 2.33. The number of fused-ring (bicyclic) bond motifs is 1. The molecule has 0 N–H and O–H groups in total. The van der Waals surface area contributed by atoms with Gasteiger partial charge >= 0.3 is 0 Å². The first-order chi connectivity index (χ1) is 9.58. The Labute approximate surface area is 121 Å². The Morgan fingerprint density at radius 3 is 2.80 bits per heavy atom. The first kappa shape index (κ1) is 13.1. The summed E-state index contributed by atoms with van der Waals surface area (Å²) in [6, 6.07) is 8.75. The molecule has 1 aromatic carbocycles. The van der Waals surface area contributed by atoms with Gasteiger partial charge in [-0.15, -0.1) is 11.6 Å². The van der Waals surface area contributed by atoms with E-state index >= 15 is 0 Å². The molecule has 3 aromatic rings. The van der Waals surface area contributed by atoms with Crippen LogP contribution in [0.2, 0.25) is 0 Å². The zero-order valence-electron chi connectivity index (χ0n) is 11.1. The summed E-state index contributed by atoms with van der Waals surface area (Å²) in [5.74, 6) is 0.400. The molecule has 0 saturated carbocycles. The van der Waals surface area contributed by atoms with Gasteiger partial charge in [-0.25, -0.2) is 14.4 Å². The summed E-state index contributed by atoms with van der Waals surface area (Å²) in [5, 5.41) is -0.298. The molecule has 3 nitrogen and oxygen atoms in total. The van der Waals surface area contributed by atoms with E-state index in [0.29, 0.717) is 22.7 Å². The van der Waals surface area contributed by atoms with Crippen LogP contribution in [0.4, 0.5) is 4.39 Å². The van der Waals surface area contributed by atoms with Crippen molar-refractivity contribution in [2.75, 3.05) is 0 Å². The van der Waals surface area contributed by atoms with Crippen LogP contribution in [0.3, 0.4) is 0 Å². The van der Waals surface area contributed by atoms with Crippen molar-refractivity contribution in [3.8, 4) is 5.69 Å². The zero-order valence-corrected chi connectivity index (χ0v) is 11.9. The average molecular weight is 290 g/mol. The van der Waals surface area contributed by atoms with E-state index in [-0.39, 0.29) is 11.2 Å². The van der Waals surface area contributed by atoms with Crippen LogP contribution >= 0.6 is 11.6 Å². The van der Waals surface area contributed by atoms with Gasteiger partial charge in [0.2, 0.25) is 0 Å². The third kappa shape index (κ3) is 2.06. The summed E-state index contributed by atoms with van der Waals surface area (Å²) in [4.78, 5) is 8.82. The summed E-state index contributed by atoms with van der Waals surface area (Å²) in [6.45, 7) is 3.57. The van der Waals surface area contributed by atoms with Crippen LogP contribution in [0.25, 0.3) is 16.9 Å². The highest BCUT2D eigenvalue weighted by Gasteiger charge is 2.17. The Morgan fingerprint density at radius 1 is 1.30 bits per heavy atom. The maximum absolute atomic E-state index is 13.8. The molecule has 102 valence electrons. The number of alkyl halides is 1. The molecule has 5 heteroatoms. The number of rotatable bonds is 2. The molecule has 1 atom stereocenters. The summed E-state index contributed by atoms with van der Waals surface area (Å²) < 4.78 is 15.6. The van der Waals surface area contributed by atoms with Crippen molar-refractivity contribution in [1.29, 1.82) is 0 Å². The SMILES string of the molecule is Cc1ccc(-n2c(C(C)Cl)nc3cccnc32)cc1F. The highest BCUT2D eigenvalue weighted by Crippen LogP contribution is 2.27. The summed E-state index contributed by atoms with van der Waals surface area (Å²) in [5.41, 5.74) is 2.71. The third-order valence-electron chi connectivity index (χ3n) is 3.21.